The molecule has 1 saturated heterocycles. The number of hydrogen-bond donors (Lipinski definition) is 1. The zero-order chi connectivity index (χ0) is 27.2. The Labute approximate surface area is 219 Å². The Bertz CT molecular complexity index is 1380. The summed E-state index contributed by atoms with van der Waals surface area (Å²) in [4.78, 5) is 20.3. The smallest absolute Gasteiger partial charge is 0.286 e. The zero-order valence-corrected chi connectivity index (χ0v) is 21.5. The molecule has 0 saturated carbocycles. The molecule has 1 amide bonds. The summed E-state index contributed by atoms with van der Waals surface area (Å²) in [6.45, 7) is 3.35. The number of carbonyl (C=O) groups is 1. The first kappa shape index (κ1) is 26.2. The van der Waals surface area contributed by atoms with Crippen molar-refractivity contribution in [2.75, 3.05) is 43.2 Å². The Balaban J connectivity index is 1.48. The van der Waals surface area contributed by atoms with Gasteiger partial charge in [0.05, 0.1) is 25.9 Å². The molecule has 0 spiro atoms. The maximum atomic E-state index is 15.6. The highest BCUT2D eigenvalue weighted by Gasteiger charge is 2.48. The number of benzene rings is 2. The number of amides is 1. The number of pyridine rings is 1. The monoisotopic (exact) mass is 525 g/mol. The van der Waals surface area contributed by atoms with Crippen LogP contribution in [0.2, 0.25) is 0 Å². The molecule has 2 aliphatic rings. The van der Waals surface area contributed by atoms with E-state index in [1.54, 1.807) is 7.05 Å². The number of nitrogens with zero attached hydrogens (tertiary/aromatic N) is 3. The van der Waals surface area contributed by atoms with Crippen LogP contribution in [0.15, 0.2) is 54.7 Å². The minimum atomic E-state index is -3.16. The third-order valence-electron chi connectivity index (χ3n) is 7.55. The van der Waals surface area contributed by atoms with Gasteiger partial charge in [0.1, 0.15) is 5.69 Å². The SMILES string of the molecule is Cc1ccc(N(C)C(=O)c2ccnc(C(C)(F)F)c2)cc1-c1ccc2c(c1)N1CCOC[C@H]1[C@](F)(CO)C2. The summed E-state index contributed by atoms with van der Waals surface area (Å²) in [6, 6.07) is 13.4. The van der Waals surface area contributed by atoms with Crippen molar-refractivity contribution in [1.29, 1.82) is 0 Å². The van der Waals surface area contributed by atoms with Gasteiger partial charge in [-0.15, -0.1) is 0 Å². The number of fused-ring (bicyclic) bond motifs is 3. The Morgan fingerprint density at radius 1 is 1.24 bits per heavy atom. The second kappa shape index (κ2) is 9.71. The Morgan fingerprint density at radius 3 is 2.76 bits per heavy atom. The van der Waals surface area contributed by atoms with E-state index >= 15 is 4.39 Å². The lowest BCUT2D eigenvalue weighted by atomic mass is 9.82. The summed E-state index contributed by atoms with van der Waals surface area (Å²) in [5, 5.41) is 9.82. The number of aromatic nitrogens is 1. The number of aliphatic hydroxyl groups is 1. The fourth-order valence-electron chi connectivity index (χ4n) is 5.31. The van der Waals surface area contributed by atoms with E-state index < -0.39 is 35.8 Å². The van der Waals surface area contributed by atoms with E-state index in [1.165, 1.54) is 17.2 Å². The molecule has 200 valence electrons. The summed E-state index contributed by atoms with van der Waals surface area (Å²) in [7, 11) is 1.60. The van der Waals surface area contributed by atoms with Crippen LogP contribution in [-0.2, 0) is 17.1 Å². The van der Waals surface area contributed by atoms with Gasteiger partial charge in [0.15, 0.2) is 5.67 Å². The van der Waals surface area contributed by atoms with Gasteiger partial charge in [0, 0.05) is 50.1 Å². The number of rotatable bonds is 5. The van der Waals surface area contributed by atoms with Crippen molar-refractivity contribution in [3.8, 4) is 11.1 Å². The molecule has 6 nitrogen and oxygen atoms in total. The lowest BCUT2D eigenvalue weighted by Gasteiger charge is -2.48. The van der Waals surface area contributed by atoms with Crippen molar-refractivity contribution in [3.63, 3.8) is 0 Å². The van der Waals surface area contributed by atoms with Gasteiger partial charge in [-0.05, 0) is 59.5 Å². The van der Waals surface area contributed by atoms with Crippen molar-refractivity contribution < 1.29 is 27.8 Å². The highest BCUT2D eigenvalue weighted by molar-refractivity contribution is 6.06. The lowest BCUT2D eigenvalue weighted by Crippen LogP contribution is -2.62. The Hall–Kier alpha value is -3.43. The first-order chi connectivity index (χ1) is 18.0. The lowest BCUT2D eigenvalue weighted by molar-refractivity contribution is -0.0173. The first-order valence-electron chi connectivity index (χ1n) is 12.5. The maximum absolute atomic E-state index is 15.6. The summed E-state index contributed by atoms with van der Waals surface area (Å²) in [5.41, 5.74) is 3.00. The van der Waals surface area contributed by atoms with Crippen LogP contribution >= 0.6 is 0 Å². The van der Waals surface area contributed by atoms with Crippen LogP contribution in [0.1, 0.15) is 34.1 Å². The molecule has 0 unspecified atom stereocenters. The number of aliphatic hydroxyl groups excluding tert-OH is 1. The molecule has 1 N–H and O–H groups in total. The van der Waals surface area contributed by atoms with E-state index in [4.69, 9.17) is 4.74 Å². The summed E-state index contributed by atoms with van der Waals surface area (Å²) in [6.07, 6.45) is 1.31. The zero-order valence-electron chi connectivity index (χ0n) is 21.5. The normalized spacial score (nSPS) is 21.0. The molecule has 0 radical (unpaired) electrons. The molecule has 1 aromatic heterocycles. The number of hydrogen-bond acceptors (Lipinski definition) is 5. The van der Waals surface area contributed by atoms with Crippen LogP contribution in [0.5, 0.6) is 0 Å². The number of aryl methyl sites for hydroxylation is 1. The van der Waals surface area contributed by atoms with Crippen LogP contribution in [-0.4, -0.2) is 61.1 Å². The van der Waals surface area contributed by atoms with Crippen molar-refractivity contribution in [1.82, 2.24) is 4.98 Å². The average molecular weight is 526 g/mol. The van der Waals surface area contributed by atoms with Gasteiger partial charge in [-0.1, -0.05) is 18.2 Å². The number of carbonyl (C=O) groups excluding carboxylic acids is 1. The number of halogens is 3. The minimum Gasteiger partial charge on any atom is -0.393 e. The predicted molar refractivity (Wildman–Crippen MR) is 140 cm³/mol. The number of anilines is 2. The third-order valence-corrected chi connectivity index (χ3v) is 7.55. The van der Waals surface area contributed by atoms with Crippen molar-refractivity contribution in [2.24, 2.45) is 0 Å². The van der Waals surface area contributed by atoms with Crippen LogP contribution in [0, 0.1) is 6.92 Å². The molecule has 5 rings (SSSR count). The molecular weight excluding hydrogens is 495 g/mol. The van der Waals surface area contributed by atoms with E-state index in [-0.39, 0.29) is 18.6 Å². The molecule has 0 aliphatic carbocycles. The Morgan fingerprint density at radius 2 is 2.03 bits per heavy atom. The molecular formula is C29H30F3N3O3. The number of morpholine rings is 1. The fourth-order valence-corrected chi connectivity index (χ4v) is 5.31. The van der Waals surface area contributed by atoms with Gasteiger partial charge >= 0.3 is 0 Å². The molecule has 2 aliphatic heterocycles. The minimum absolute atomic E-state index is 0.102. The van der Waals surface area contributed by atoms with E-state index in [0.717, 1.165) is 40.9 Å². The molecule has 3 heterocycles. The summed E-state index contributed by atoms with van der Waals surface area (Å²) < 4.78 is 48.7. The van der Waals surface area contributed by atoms with Crippen LogP contribution in [0.25, 0.3) is 11.1 Å². The molecule has 3 aromatic rings. The highest BCUT2D eigenvalue weighted by Crippen LogP contribution is 2.42. The molecule has 1 fully saturated rings. The van der Waals surface area contributed by atoms with Gasteiger partial charge in [0.2, 0.25) is 0 Å². The van der Waals surface area contributed by atoms with Crippen molar-refractivity contribution >= 4 is 17.3 Å². The van der Waals surface area contributed by atoms with Crippen molar-refractivity contribution in [3.05, 3.63) is 77.1 Å². The molecule has 2 aromatic carbocycles. The summed E-state index contributed by atoms with van der Waals surface area (Å²) in [5.74, 6) is -3.59. The van der Waals surface area contributed by atoms with Crippen LogP contribution in [0.3, 0.4) is 0 Å². The van der Waals surface area contributed by atoms with Gasteiger partial charge in [0.25, 0.3) is 11.8 Å². The fraction of sp³-hybridized carbons (Fsp3) is 0.379. The van der Waals surface area contributed by atoms with Crippen LogP contribution in [0.4, 0.5) is 24.5 Å². The predicted octanol–water partition coefficient (Wildman–Crippen LogP) is 4.91. The van der Waals surface area contributed by atoms with Gasteiger partial charge < -0.3 is 19.6 Å². The molecule has 9 heteroatoms. The van der Waals surface area contributed by atoms with E-state index in [9.17, 15) is 18.7 Å². The molecule has 2 atom stereocenters. The second-order valence-corrected chi connectivity index (χ2v) is 10.2. The molecule has 0 bridgehead atoms. The van der Waals surface area contributed by atoms with E-state index in [0.29, 0.717) is 18.8 Å². The van der Waals surface area contributed by atoms with Gasteiger partial charge in [-0.3, -0.25) is 9.78 Å². The largest absolute Gasteiger partial charge is 0.393 e. The Kier molecular flexibility index (Phi) is 6.69. The quantitative estimate of drug-likeness (QED) is 0.513. The van der Waals surface area contributed by atoms with Crippen LogP contribution < -0.4 is 9.80 Å². The standard InChI is InChI=1S/C29H30F3N3O3/c1-18-4-7-22(34(3)27(37)20-8-9-33-25(13-20)28(2,30)31)14-23(18)19-5-6-21-15-29(32,17-36)26-16-38-11-10-35(26)24(21)12-19/h4-9,12-14,26,36H,10-11,15-17H2,1-3H3/t26-,29+/m0/s1. The van der Waals surface area contributed by atoms with E-state index in [2.05, 4.69) is 4.98 Å². The van der Waals surface area contributed by atoms with Crippen molar-refractivity contribution in [2.45, 2.75) is 37.9 Å². The number of alkyl halides is 3. The highest BCUT2D eigenvalue weighted by atomic mass is 19.3. The second-order valence-electron chi connectivity index (χ2n) is 10.2. The average Bonchev–Trinajstić information content (AvgIpc) is 2.92. The first-order valence-corrected chi connectivity index (χ1v) is 12.5. The van der Waals surface area contributed by atoms with E-state index in [1.807, 2.05) is 48.2 Å². The number of ether oxygens (including phenoxy) is 1. The van der Waals surface area contributed by atoms with Gasteiger partial charge in [-0.25, -0.2) is 4.39 Å². The third kappa shape index (κ3) is 4.65. The molecule has 38 heavy (non-hydrogen) atoms. The topological polar surface area (TPSA) is 65.9 Å². The summed E-state index contributed by atoms with van der Waals surface area (Å²) >= 11 is 0. The maximum Gasteiger partial charge on any atom is 0.286 e. The van der Waals surface area contributed by atoms with Gasteiger partial charge in [-0.2, -0.15) is 8.78 Å².